The van der Waals surface area contributed by atoms with Gasteiger partial charge >= 0.3 is 0 Å². The first-order chi connectivity index (χ1) is 8.22. The van der Waals surface area contributed by atoms with Crippen LogP contribution in [0.25, 0.3) is 0 Å². The zero-order chi connectivity index (χ0) is 12.3. The third-order valence-electron chi connectivity index (χ3n) is 2.94. The first-order valence-corrected chi connectivity index (χ1v) is 6.02. The number of carbonyl (C=O) groups is 1. The predicted molar refractivity (Wildman–Crippen MR) is 70.8 cm³/mol. The van der Waals surface area contributed by atoms with E-state index in [1.807, 2.05) is 12.1 Å². The quantitative estimate of drug-likeness (QED) is 0.771. The number of nitrogens with zero attached hydrogens (tertiary/aromatic N) is 1. The number of hydrogen-bond acceptors (Lipinski definition) is 1. The molecule has 0 aromatic heterocycles. The number of hydrogen-bond donors (Lipinski definition) is 0. The van der Waals surface area contributed by atoms with E-state index in [0.717, 1.165) is 17.8 Å². The molecule has 0 unspecified atom stereocenters. The minimum absolute atomic E-state index is 0.0173. The predicted octanol–water partition coefficient (Wildman–Crippen LogP) is 3.45. The number of anilines is 1. The molecule has 0 saturated heterocycles. The highest BCUT2D eigenvalue weighted by Gasteiger charge is 2.19. The molecule has 2 rings (SSSR count). The molecular weight excluding hydrogens is 210 g/mol. The maximum atomic E-state index is 11.6. The van der Waals surface area contributed by atoms with Crippen molar-refractivity contribution in [3.05, 3.63) is 54.3 Å². The lowest BCUT2D eigenvalue weighted by atomic mass is 10.1. The van der Waals surface area contributed by atoms with Crippen molar-refractivity contribution >= 4 is 11.6 Å². The summed E-state index contributed by atoms with van der Waals surface area (Å²) in [5.41, 5.74) is 2.95. The van der Waals surface area contributed by atoms with Gasteiger partial charge in [0.25, 0.3) is 5.91 Å². The molecule has 0 N–H and O–H groups in total. The maximum Gasteiger partial charge on any atom is 0.255 e. The van der Waals surface area contributed by atoms with Crippen molar-refractivity contribution in [3.8, 4) is 0 Å². The average molecular weight is 227 g/mol. The van der Waals surface area contributed by atoms with Crippen molar-refractivity contribution in [2.24, 2.45) is 0 Å². The zero-order valence-corrected chi connectivity index (χ0v) is 10.1. The van der Waals surface area contributed by atoms with Crippen molar-refractivity contribution in [2.75, 3.05) is 4.90 Å². The lowest BCUT2D eigenvalue weighted by Gasteiger charge is -2.17. The van der Waals surface area contributed by atoms with Gasteiger partial charge in [-0.1, -0.05) is 32.1 Å². The summed E-state index contributed by atoms with van der Waals surface area (Å²) >= 11 is 0. The molecule has 2 heteroatoms. The molecule has 2 nitrogen and oxygen atoms in total. The van der Waals surface area contributed by atoms with Crippen LogP contribution in [0.5, 0.6) is 0 Å². The molecule has 1 aromatic carbocycles. The lowest BCUT2D eigenvalue weighted by Crippen LogP contribution is -2.22. The van der Waals surface area contributed by atoms with E-state index in [9.17, 15) is 4.79 Å². The Bertz CT molecular complexity index is 438. The number of benzene rings is 1. The Balaban J connectivity index is 2.13. The second-order valence-electron chi connectivity index (χ2n) is 4.27. The van der Waals surface area contributed by atoms with Gasteiger partial charge in [-0.3, -0.25) is 9.69 Å². The first-order valence-electron chi connectivity index (χ1n) is 6.02. The van der Waals surface area contributed by atoms with Gasteiger partial charge in [0.05, 0.1) is 0 Å². The Hall–Kier alpha value is -1.83. The molecule has 17 heavy (non-hydrogen) atoms. The van der Waals surface area contributed by atoms with E-state index in [2.05, 4.69) is 25.6 Å². The molecule has 0 fully saturated rings. The summed E-state index contributed by atoms with van der Waals surface area (Å²) in [5, 5.41) is 0. The summed E-state index contributed by atoms with van der Waals surface area (Å²) in [5.74, 6) is -0.0173. The molecule has 0 atom stereocenters. The fraction of sp³-hybridized carbons (Fsp3) is 0.267. The highest BCUT2D eigenvalue weighted by atomic mass is 16.2. The molecule has 0 bridgehead atoms. The van der Waals surface area contributed by atoms with E-state index in [1.54, 1.807) is 17.1 Å². The van der Waals surface area contributed by atoms with Gasteiger partial charge in [-0.25, -0.2) is 0 Å². The monoisotopic (exact) mass is 227 g/mol. The number of carbonyl (C=O) groups excluding carboxylic acids is 1. The van der Waals surface area contributed by atoms with Crippen LogP contribution in [0.2, 0.25) is 0 Å². The molecule has 0 radical (unpaired) electrons. The van der Waals surface area contributed by atoms with E-state index < -0.39 is 0 Å². The van der Waals surface area contributed by atoms with Crippen molar-refractivity contribution in [3.63, 3.8) is 0 Å². The van der Waals surface area contributed by atoms with Gasteiger partial charge in [0.1, 0.15) is 0 Å². The van der Waals surface area contributed by atoms with Crippen LogP contribution in [0.1, 0.15) is 25.3 Å². The summed E-state index contributed by atoms with van der Waals surface area (Å²) in [7, 11) is 0. The number of unbranched alkanes of at least 4 members (excludes halogenated alkanes) is 1. The van der Waals surface area contributed by atoms with Crippen LogP contribution >= 0.6 is 0 Å². The van der Waals surface area contributed by atoms with E-state index in [4.69, 9.17) is 0 Å². The second-order valence-corrected chi connectivity index (χ2v) is 4.27. The molecule has 1 heterocycles. The van der Waals surface area contributed by atoms with Crippen LogP contribution < -0.4 is 4.90 Å². The Morgan fingerprint density at radius 3 is 2.41 bits per heavy atom. The normalized spacial score (nSPS) is 14.8. The van der Waals surface area contributed by atoms with E-state index in [-0.39, 0.29) is 5.91 Å². The number of rotatable bonds is 4. The molecule has 0 spiro atoms. The molecule has 1 aliphatic heterocycles. The van der Waals surface area contributed by atoms with Crippen LogP contribution in [0.4, 0.5) is 5.69 Å². The average Bonchev–Trinajstić information content (AvgIpc) is 2.67. The molecule has 0 aliphatic carbocycles. The molecule has 0 saturated carbocycles. The fourth-order valence-corrected chi connectivity index (χ4v) is 1.94. The highest BCUT2D eigenvalue weighted by Crippen LogP contribution is 2.24. The summed E-state index contributed by atoms with van der Waals surface area (Å²) in [6.07, 6.45) is 6.80. The minimum Gasteiger partial charge on any atom is -0.278 e. The SMILES string of the molecule is C=C1C=CC(=O)N1c1ccc(CCCC)cc1. The van der Waals surface area contributed by atoms with Crippen molar-refractivity contribution in [1.82, 2.24) is 0 Å². The largest absolute Gasteiger partial charge is 0.278 e. The summed E-state index contributed by atoms with van der Waals surface area (Å²) in [6.45, 7) is 6.04. The Kier molecular flexibility index (Phi) is 3.43. The Morgan fingerprint density at radius 2 is 1.88 bits per heavy atom. The Labute approximate surface area is 102 Å². The fourth-order valence-electron chi connectivity index (χ4n) is 1.94. The third kappa shape index (κ3) is 2.47. The minimum atomic E-state index is -0.0173. The standard InChI is InChI=1S/C15H17NO/c1-3-4-5-13-7-9-14(10-8-13)16-12(2)6-11-15(16)17/h6-11H,2-5H2,1H3. The van der Waals surface area contributed by atoms with Crippen LogP contribution in [0.15, 0.2) is 48.7 Å². The van der Waals surface area contributed by atoms with Crippen molar-refractivity contribution in [1.29, 1.82) is 0 Å². The zero-order valence-electron chi connectivity index (χ0n) is 10.1. The van der Waals surface area contributed by atoms with Gasteiger partial charge in [-0.05, 0) is 36.6 Å². The van der Waals surface area contributed by atoms with Crippen molar-refractivity contribution in [2.45, 2.75) is 26.2 Å². The molecule has 1 amide bonds. The van der Waals surface area contributed by atoms with Crippen LogP contribution in [0.3, 0.4) is 0 Å². The van der Waals surface area contributed by atoms with E-state index >= 15 is 0 Å². The lowest BCUT2D eigenvalue weighted by molar-refractivity contribution is -0.113. The van der Waals surface area contributed by atoms with Gasteiger partial charge in [0, 0.05) is 17.5 Å². The summed E-state index contributed by atoms with van der Waals surface area (Å²) in [4.78, 5) is 13.2. The molecular formula is C15H17NO. The Morgan fingerprint density at radius 1 is 1.18 bits per heavy atom. The van der Waals surface area contributed by atoms with Crippen LogP contribution in [-0.4, -0.2) is 5.91 Å². The van der Waals surface area contributed by atoms with Gasteiger partial charge < -0.3 is 0 Å². The van der Waals surface area contributed by atoms with Gasteiger partial charge in [0.2, 0.25) is 0 Å². The van der Waals surface area contributed by atoms with Gasteiger partial charge in [-0.15, -0.1) is 0 Å². The molecule has 1 aromatic rings. The first kappa shape index (κ1) is 11.6. The highest BCUT2D eigenvalue weighted by molar-refractivity contribution is 6.07. The number of amides is 1. The number of allylic oxidation sites excluding steroid dienone is 1. The van der Waals surface area contributed by atoms with E-state index in [1.165, 1.54) is 18.4 Å². The third-order valence-corrected chi connectivity index (χ3v) is 2.94. The van der Waals surface area contributed by atoms with E-state index in [0.29, 0.717) is 0 Å². The van der Waals surface area contributed by atoms with Crippen molar-refractivity contribution < 1.29 is 4.79 Å². The molecule has 1 aliphatic rings. The smallest absolute Gasteiger partial charge is 0.255 e. The van der Waals surface area contributed by atoms with Gasteiger partial charge in [0.15, 0.2) is 0 Å². The summed E-state index contributed by atoms with van der Waals surface area (Å²) < 4.78 is 0. The van der Waals surface area contributed by atoms with Crippen LogP contribution in [0, 0.1) is 0 Å². The van der Waals surface area contributed by atoms with Gasteiger partial charge in [-0.2, -0.15) is 0 Å². The molecule has 88 valence electrons. The number of aryl methyl sites for hydroxylation is 1. The topological polar surface area (TPSA) is 20.3 Å². The second kappa shape index (κ2) is 5.00. The van der Waals surface area contributed by atoms with Crippen LogP contribution in [-0.2, 0) is 11.2 Å². The maximum absolute atomic E-state index is 11.6. The summed E-state index contributed by atoms with van der Waals surface area (Å²) in [6, 6.07) is 8.15.